The highest BCUT2D eigenvalue weighted by Crippen LogP contribution is 2.38. The van der Waals surface area contributed by atoms with Crippen LogP contribution in [0.4, 0.5) is 10.2 Å². The smallest absolute Gasteiger partial charge is 0.268 e. The zero-order valence-electron chi connectivity index (χ0n) is 22.8. The molecule has 0 unspecified atom stereocenters. The maximum atomic E-state index is 14.5. The first-order chi connectivity index (χ1) is 18.3. The van der Waals surface area contributed by atoms with E-state index in [1.165, 1.54) is 30.4 Å². The molecule has 4 rings (SSSR count). The number of allylic oxidation sites excluding steroid dienone is 4. The molecule has 0 radical (unpaired) electrons. The van der Waals surface area contributed by atoms with Crippen molar-refractivity contribution in [3.8, 4) is 17.0 Å². The van der Waals surface area contributed by atoms with Crippen molar-refractivity contribution in [2.75, 3.05) is 18.1 Å². The van der Waals surface area contributed by atoms with E-state index in [9.17, 15) is 22.4 Å². The van der Waals surface area contributed by atoms with E-state index in [2.05, 4.69) is 6.92 Å². The van der Waals surface area contributed by atoms with E-state index in [0.717, 1.165) is 6.42 Å². The molecule has 0 bridgehead atoms. The van der Waals surface area contributed by atoms with E-state index < -0.39 is 32.4 Å². The van der Waals surface area contributed by atoms with Crippen LogP contribution in [0, 0.1) is 17.7 Å². The molecule has 1 atom stereocenters. The third-order valence-electron chi connectivity index (χ3n) is 6.68. The average Bonchev–Trinajstić information content (AvgIpc) is 3.13. The highest BCUT2D eigenvalue weighted by atomic mass is 32.2. The second kappa shape index (κ2) is 10.9. The van der Waals surface area contributed by atoms with Crippen LogP contribution in [-0.2, 0) is 14.8 Å². The number of aromatic nitrogens is 1. The van der Waals surface area contributed by atoms with Crippen molar-refractivity contribution >= 4 is 27.5 Å². The zero-order chi connectivity index (χ0) is 28.5. The number of nitrogens with one attached hydrogen (secondary N) is 1. The lowest BCUT2D eigenvalue weighted by Crippen LogP contribution is -2.41. The van der Waals surface area contributed by atoms with Crippen LogP contribution in [0.5, 0.6) is 5.75 Å². The second-order valence-corrected chi connectivity index (χ2v) is 12.9. The van der Waals surface area contributed by atoms with Crippen molar-refractivity contribution in [3.63, 3.8) is 0 Å². The Morgan fingerprint density at radius 3 is 2.64 bits per heavy atom. The number of halogens is 1. The van der Waals surface area contributed by atoms with Crippen LogP contribution in [0.1, 0.15) is 57.8 Å². The fraction of sp³-hybridized carbons (Fsp3) is 0.414. The number of anilines is 1. The van der Waals surface area contributed by atoms with E-state index in [-0.39, 0.29) is 29.3 Å². The molecule has 1 aromatic carbocycles. The summed E-state index contributed by atoms with van der Waals surface area (Å²) in [7, 11) is -4.40. The van der Waals surface area contributed by atoms with Crippen molar-refractivity contribution in [2.24, 2.45) is 11.8 Å². The molecule has 1 aromatic heterocycles. The van der Waals surface area contributed by atoms with Crippen LogP contribution in [0.25, 0.3) is 11.3 Å². The van der Waals surface area contributed by atoms with Crippen LogP contribution < -0.4 is 14.4 Å². The molecule has 1 amide bonds. The summed E-state index contributed by atoms with van der Waals surface area (Å²) in [6.07, 6.45) is 4.97. The van der Waals surface area contributed by atoms with E-state index in [1.807, 2.05) is 37.3 Å². The van der Waals surface area contributed by atoms with Gasteiger partial charge < -0.3 is 9.64 Å². The van der Waals surface area contributed by atoms with Crippen molar-refractivity contribution < 1.29 is 27.1 Å². The number of benzene rings is 1. The maximum absolute atomic E-state index is 14.5. The fourth-order valence-corrected chi connectivity index (χ4v) is 6.11. The summed E-state index contributed by atoms with van der Waals surface area (Å²) < 4.78 is 48.1. The summed E-state index contributed by atoms with van der Waals surface area (Å²) in [5.41, 5.74) is 0.531. The number of ketones is 1. The van der Waals surface area contributed by atoms with E-state index in [4.69, 9.17) is 9.72 Å². The number of pyridine rings is 1. The Hall–Kier alpha value is -3.53. The molecule has 2 aliphatic rings. The van der Waals surface area contributed by atoms with Crippen LogP contribution in [0.3, 0.4) is 0 Å². The van der Waals surface area contributed by atoms with Gasteiger partial charge in [0.2, 0.25) is 0 Å². The minimum atomic E-state index is -4.40. The minimum Gasteiger partial charge on any atom is -0.493 e. The Morgan fingerprint density at radius 2 is 2.00 bits per heavy atom. The minimum absolute atomic E-state index is 0.0385. The maximum Gasteiger partial charge on any atom is 0.268 e. The summed E-state index contributed by atoms with van der Waals surface area (Å²) in [5, 5.41) is 0. The van der Waals surface area contributed by atoms with E-state index in [0.29, 0.717) is 36.1 Å². The second-order valence-electron chi connectivity index (χ2n) is 11.2. The van der Waals surface area contributed by atoms with Gasteiger partial charge in [0, 0.05) is 30.1 Å². The standard InChI is InChI=1S/C29H34FN3O5S/c1-18(2)17-38-22-13-20(12-21(30)14-22)24-11-10-23(27(31-24)33-16-19(3)15-29(33,4)5)28(35)32-39(36,37)26-9-7-6-8-25(26)34/h6-7,9-14,18-19H,8,15-17H2,1-5H3,(H,32,35)/t19-/m1/s1. The van der Waals surface area contributed by atoms with Crippen LogP contribution in [0.15, 0.2) is 53.5 Å². The van der Waals surface area contributed by atoms with Crippen LogP contribution >= 0.6 is 0 Å². The third kappa shape index (κ3) is 6.38. The van der Waals surface area contributed by atoms with Gasteiger partial charge in [0.15, 0.2) is 5.78 Å². The van der Waals surface area contributed by atoms with Crippen LogP contribution in [0.2, 0.25) is 0 Å². The predicted molar refractivity (Wildman–Crippen MR) is 148 cm³/mol. The molecule has 2 aromatic rings. The highest BCUT2D eigenvalue weighted by molar-refractivity contribution is 7.95. The summed E-state index contributed by atoms with van der Waals surface area (Å²) in [6.45, 7) is 11.2. The molecule has 1 N–H and O–H groups in total. The first kappa shape index (κ1) is 28.5. The van der Waals surface area contributed by atoms with Gasteiger partial charge in [0.25, 0.3) is 15.9 Å². The Labute approximate surface area is 229 Å². The molecule has 0 saturated carbocycles. The predicted octanol–water partition coefficient (Wildman–Crippen LogP) is 5.02. The summed E-state index contributed by atoms with van der Waals surface area (Å²) in [4.78, 5) is 31.9. The van der Waals surface area contributed by atoms with Gasteiger partial charge in [0.05, 0.1) is 17.9 Å². The van der Waals surface area contributed by atoms with Crippen molar-refractivity contribution in [1.82, 2.24) is 9.71 Å². The van der Waals surface area contributed by atoms with E-state index in [1.54, 1.807) is 18.2 Å². The molecular weight excluding hydrogens is 521 g/mol. The molecule has 1 aliphatic heterocycles. The summed E-state index contributed by atoms with van der Waals surface area (Å²) in [6, 6.07) is 7.37. The highest BCUT2D eigenvalue weighted by Gasteiger charge is 2.39. The topological polar surface area (TPSA) is 106 Å². The van der Waals surface area contributed by atoms with Gasteiger partial charge in [-0.05, 0) is 62.4 Å². The number of rotatable bonds is 8. The average molecular weight is 556 g/mol. The number of sulfonamides is 1. The number of carbonyl (C=O) groups is 2. The quantitative estimate of drug-likeness (QED) is 0.488. The number of Topliss-reactive ketones (excluding diaryl/α,β-unsaturated/α-hetero) is 1. The van der Waals surface area contributed by atoms with Crippen molar-refractivity contribution in [1.29, 1.82) is 0 Å². The molecule has 1 saturated heterocycles. The molecule has 39 heavy (non-hydrogen) atoms. The van der Waals surface area contributed by atoms with Crippen molar-refractivity contribution in [2.45, 2.75) is 53.0 Å². The number of carbonyl (C=O) groups excluding carboxylic acids is 2. The molecule has 1 fully saturated rings. The molecule has 10 heteroatoms. The van der Waals surface area contributed by atoms with Gasteiger partial charge in [-0.2, -0.15) is 0 Å². The Balaban J connectivity index is 1.76. The summed E-state index contributed by atoms with van der Waals surface area (Å²) >= 11 is 0. The van der Waals surface area contributed by atoms with Gasteiger partial charge in [0.1, 0.15) is 22.3 Å². The first-order valence-corrected chi connectivity index (χ1v) is 14.4. The van der Waals surface area contributed by atoms with Crippen LogP contribution in [-0.4, -0.2) is 43.8 Å². The SMILES string of the molecule is CC(C)COc1cc(F)cc(-c2ccc(C(=O)NS(=O)(=O)C3=CC=CCC3=O)c(N3C[C@H](C)CC3(C)C)n2)c1. The lowest BCUT2D eigenvalue weighted by atomic mass is 9.97. The van der Waals surface area contributed by atoms with Gasteiger partial charge in [-0.15, -0.1) is 0 Å². The lowest BCUT2D eigenvalue weighted by Gasteiger charge is -2.34. The number of hydrogen-bond donors (Lipinski definition) is 1. The van der Waals surface area contributed by atoms with Gasteiger partial charge in [-0.1, -0.05) is 32.9 Å². The number of amides is 1. The lowest BCUT2D eigenvalue weighted by molar-refractivity contribution is -0.114. The Kier molecular flexibility index (Phi) is 7.97. The zero-order valence-corrected chi connectivity index (χ0v) is 23.6. The fourth-order valence-electron chi connectivity index (χ4n) is 5.00. The number of hydrogen-bond acceptors (Lipinski definition) is 7. The van der Waals surface area contributed by atoms with Gasteiger partial charge >= 0.3 is 0 Å². The molecule has 208 valence electrons. The molecular formula is C29H34FN3O5S. The Morgan fingerprint density at radius 1 is 1.26 bits per heavy atom. The van der Waals surface area contributed by atoms with Gasteiger partial charge in [-0.25, -0.2) is 22.5 Å². The van der Waals surface area contributed by atoms with Gasteiger partial charge in [-0.3, -0.25) is 9.59 Å². The summed E-state index contributed by atoms with van der Waals surface area (Å²) in [5.74, 6) is -0.780. The molecule has 0 spiro atoms. The Bertz CT molecular complexity index is 1460. The first-order valence-electron chi connectivity index (χ1n) is 13.0. The van der Waals surface area contributed by atoms with E-state index >= 15 is 0 Å². The monoisotopic (exact) mass is 555 g/mol. The normalized spacial score (nSPS) is 18.8. The molecule has 2 heterocycles. The molecule has 8 nitrogen and oxygen atoms in total. The largest absolute Gasteiger partial charge is 0.493 e. The number of ether oxygens (including phenoxy) is 1. The number of nitrogens with zero attached hydrogens (tertiary/aromatic N) is 2. The van der Waals surface area contributed by atoms with Crippen molar-refractivity contribution in [3.05, 3.63) is 64.8 Å². The third-order valence-corrected chi connectivity index (χ3v) is 8.07. The molecule has 1 aliphatic carbocycles.